The molecule has 2 aromatic rings. The minimum Gasteiger partial charge on any atom is -0.491 e. The summed E-state index contributed by atoms with van der Waals surface area (Å²) in [5.41, 5.74) is 5.61. The number of hydrogen-bond donors (Lipinski definition) is 2. The van der Waals surface area contributed by atoms with E-state index in [1.165, 1.54) is 16.7 Å². The number of benzene rings is 2. The Hall–Kier alpha value is -2.49. The molecule has 0 aliphatic heterocycles. The van der Waals surface area contributed by atoms with Gasteiger partial charge in [-0.05, 0) is 67.6 Å². The zero-order chi connectivity index (χ0) is 17.5. The summed E-state index contributed by atoms with van der Waals surface area (Å²) in [6.07, 6.45) is 0.988. The van der Waals surface area contributed by atoms with Crippen LogP contribution in [0.3, 0.4) is 0 Å². The first-order chi connectivity index (χ1) is 11.5. The van der Waals surface area contributed by atoms with Crippen LogP contribution in [0.5, 0.6) is 5.75 Å². The molecule has 0 bridgehead atoms. The Labute approximate surface area is 144 Å². The van der Waals surface area contributed by atoms with E-state index in [1.54, 1.807) is 0 Å². The van der Waals surface area contributed by atoms with Crippen molar-refractivity contribution in [2.75, 3.05) is 18.5 Å². The minimum absolute atomic E-state index is 0.223. The van der Waals surface area contributed by atoms with Gasteiger partial charge in [-0.15, -0.1) is 0 Å². The van der Waals surface area contributed by atoms with Crippen LogP contribution in [-0.4, -0.2) is 19.2 Å². The van der Waals surface area contributed by atoms with Gasteiger partial charge in [-0.2, -0.15) is 0 Å². The average Bonchev–Trinajstić information content (AvgIpc) is 2.56. The average molecular weight is 326 g/mol. The maximum atomic E-state index is 11.9. The topological polar surface area (TPSA) is 50.4 Å². The molecule has 4 heteroatoms. The van der Waals surface area contributed by atoms with Crippen molar-refractivity contribution in [1.29, 1.82) is 0 Å². The van der Waals surface area contributed by atoms with E-state index < -0.39 is 0 Å². The van der Waals surface area contributed by atoms with Crippen LogP contribution in [0, 0.1) is 20.8 Å². The Morgan fingerprint density at radius 1 is 1.00 bits per heavy atom. The molecule has 0 aliphatic rings. The highest BCUT2D eigenvalue weighted by atomic mass is 16.5. The molecule has 0 atom stereocenters. The smallest absolute Gasteiger partial charge is 0.319 e. The number of carbonyl (C=O) groups excluding carboxylic acids is 1. The number of carbonyl (C=O) groups is 1. The predicted octanol–water partition coefficient (Wildman–Crippen LogP) is 4.37. The standard InChI is InChI=1S/C20H26N2O2/c1-5-17-6-8-18(9-7-17)22-20(23)21-10-11-24-19-13-15(3)14(2)12-16(19)4/h6-9,12-13H,5,10-11H2,1-4H3,(H2,21,22,23). The lowest BCUT2D eigenvalue weighted by molar-refractivity contribution is 0.247. The molecule has 0 saturated carbocycles. The van der Waals surface area contributed by atoms with Crippen molar-refractivity contribution in [1.82, 2.24) is 5.32 Å². The van der Waals surface area contributed by atoms with E-state index in [1.807, 2.05) is 37.3 Å². The number of anilines is 1. The largest absolute Gasteiger partial charge is 0.491 e. The van der Waals surface area contributed by atoms with Crippen LogP contribution in [-0.2, 0) is 6.42 Å². The SMILES string of the molecule is CCc1ccc(NC(=O)NCCOc2cc(C)c(C)cc2C)cc1. The Balaban J connectivity index is 1.75. The number of urea groups is 1. The van der Waals surface area contributed by atoms with Crippen LogP contribution in [0.4, 0.5) is 10.5 Å². The first-order valence-electron chi connectivity index (χ1n) is 8.34. The molecule has 128 valence electrons. The third-order valence-corrected chi connectivity index (χ3v) is 4.06. The van der Waals surface area contributed by atoms with Crippen molar-refractivity contribution < 1.29 is 9.53 Å². The van der Waals surface area contributed by atoms with E-state index in [0.29, 0.717) is 13.2 Å². The summed E-state index contributed by atoms with van der Waals surface area (Å²) < 4.78 is 5.76. The molecule has 2 aromatic carbocycles. The van der Waals surface area contributed by atoms with E-state index in [-0.39, 0.29) is 6.03 Å². The Morgan fingerprint density at radius 3 is 2.33 bits per heavy atom. The van der Waals surface area contributed by atoms with E-state index in [9.17, 15) is 4.79 Å². The monoisotopic (exact) mass is 326 g/mol. The van der Waals surface area contributed by atoms with Crippen LogP contribution in [0.1, 0.15) is 29.2 Å². The summed E-state index contributed by atoms with van der Waals surface area (Å²) in [6.45, 7) is 9.17. The van der Waals surface area contributed by atoms with Gasteiger partial charge in [-0.1, -0.05) is 25.1 Å². The summed E-state index contributed by atoms with van der Waals surface area (Å²) in [4.78, 5) is 11.9. The maximum absolute atomic E-state index is 11.9. The first-order valence-corrected chi connectivity index (χ1v) is 8.34. The Bertz CT molecular complexity index is 694. The molecule has 0 unspecified atom stereocenters. The fraction of sp³-hybridized carbons (Fsp3) is 0.350. The molecular formula is C20H26N2O2. The van der Waals surface area contributed by atoms with Gasteiger partial charge in [0.05, 0.1) is 6.54 Å². The van der Waals surface area contributed by atoms with Gasteiger partial charge in [-0.25, -0.2) is 4.79 Å². The van der Waals surface area contributed by atoms with Gasteiger partial charge in [0.1, 0.15) is 12.4 Å². The number of nitrogens with one attached hydrogen (secondary N) is 2. The van der Waals surface area contributed by atoms with Gasteiger partial charge in [0.15, 0.2) is 0 Å². The van der Waals surface area contributed by atoms with Crippen LogP contribution < -0.4 is 15.4 Å². The van der Waals surface area contributed by atoms with E-state index >= 15 is 0 Å². The molecule has 0 radical (unpaired) electrons. The van der Waals surface area contributed by atoms with Crippen molar-refractivity contribution in [2.45, 2.75) is 34.1 Å². The van der Waals surface area contributed by atoms with Crippen LogP contribution in [0.2, 0.25) is 0 Å². The summed E-state index contributed by atoms with van der Waals surface area (Å²) in [5.74, 6) is 0.871. The Kier molecular flexibility index (Phi) is 6.24. The predicted molar refractivity (Wildman–Crippen MR) is 99.0 cm³/mol. The highest BCUT2D eigenvalue weighted by molar-refractivity contribution is 5.89. The van der Waals surface area contributed by atoms with Crippen molar-refractivity contribution >= 4 is 11.7 Å². The van der Waals surface area contributed by atoms with Gasteiger partial charge in [0.25, 0.3) is 0 Å². The quantitative estimate of drug-likeness (QED) is 0.774. The lowest BCUT2D eigenvalue weighted by atomic mass is 10.1. The molecule has 0 heterocycles. The first kappa shape index (κ1) is 17.9. The summed E-state index contributed by atoms with van der Waals surface area (Å²) >= 11 is 0. The second kappa shape index (κ2) is 8.39. The molecule has 0 spiro atoms. The third kappa shape index (κ3) is 5.01. The molecule has 2 rings (SSSR count). The van der Waals surface area contributed by atoms with Crippen molar-refractivity contribution in [3.63, 3.8) is 0 Å². The second-order valence-electron chi connectivity index (χ2n) is 5.98. The molecule has 4 nitrogen and oxygen atoms in total. The molecule has 2 N–H and O–H groups in total. The molecule has 0 aliphatic carbocycles. The van der Waals surface area contributed by atoms with Gasteiger partial charge >= 0.3 is 6.03 Å². The Morgan fingerprint density at radius 2 is 1.67 bits per heavy atom. The van der Waals surface area contributed by atoms with Gasteiger partial charge in [0, 0.05) is 5.69 Å². The number of amides is 2. The van der Waals surface area contributed by atoms with Gasteiger partial charge < -0.3 is 15.4 Å². The van der Waals surface area contributed by atoms with E-state index in [2.05, 4.69) is 37.5 Å². The summed E-state index contributed by atoms with van der Waals surface area (Å²) in [5, 5.41) is 5.61. The van der Waals surface area contributed by atoms with Crippen molar-refractivity contribution in [3.05, 3.63) is 58.7 Å². The zero-order valence-electron chi connectivity index (χ0n) is 14.9. The third-order valence-electron chi connectivity index (χ3n) is 4.06. The molecular weight excluding hydrogens is 300 g/mol. The van der Waals surface area contributed by atoms with E-state index in [0.717, 1.165) is 23.4 Å². The number of rotatable bonds is 6. The van der Waals surface area contributed by atoms with Crippen molar-refractivity contribution in [3.8, 4) is 5.75 Å². The van der Waals surface area contributed by atoms with Crippen LogP contribution in [0.15, 0.2) is 36.4 Å². The summed E-state index contributed by atoms with van der Waals surface area (Å²) in [6, 6.07) is 11.8. The van der Waals surface area contributed by atoms with Crippen LogP contribution in [0.25, 0.3) is 0 Å². The second-order valence-corrected chi connectivity index (χ2v) is 5.98. The zero-order valence-corrected chi connectivity index (χ0v) is 14.9. The molecule has 0 fully saturated rings. The summed E-state index contributed by atoms with van der Waals surface area (Å²) in [7, 11) is 0. The maximum Gasteiger partial charge on any atom is 0.319 e. The number of aryl methyl sites for hydroxylation is 4. The minimum atomic E-state index is -0.223. The molecule has 0 saturated heterocycles. The highest BCUT2D eigenvalue weighted by Gasteiger charge is 2.04. The van der Waals surface area contributed by atoms with Gasteiger partial charge in [-0.3, -0.25) is 0 Å². The van der Waals surface area contributed by atoms with Gasteiger partial charge in [0.2, 0.25) is 0 Å². The lowest BCUT2D eigenvalue weighted by Gasteiger charge is -2.12. The number of ether oxygens (including phenoxy) is 1. The van der Waals surface area contributed by atoms with E-state index in [4.69, 9.17) is 4.74 Å². The molecule has 2 amide bonds. The molecule has 0 aromatic heterocycles. The van der Waals surface area contributed by atoms with Crippen LogP contribution >= 0.6 is 0 Å². The normalized spacial score (nSPS) is 10.3. The fourth-order valence-electron chi connectivity index (χ4n) is 2.41. The van der Waals surface area contributed by atoms with Crippen molar-refractivity contribution in [2.24, 2.45) is 0 Å². The number of hydrogen-bond acceptors (Lipinski definition) is 2. The highest BCUT2D eigenvalue weighted by Crippen LogP contribution is 2.22. The fourth-order valence-corrected chi connectivity index (χ4v) is 2.41. The molecule has 24 heavy (non-hydrogen) atoms. The lowest BCUT2D eigenvalue weighted by Crippen LogP contribution is -2.32.